The van der Waals surface area contributed by atoms with E-state index in [9.17, 15) is 4.39 Å². The minimum Gasteiger partial charge on any atom is -0.297 e. The second-order valence-electron chi connectivity index (χ2n) is 4.32. The molecule has 1 nitrogen and oxygen atoms in total. The van der Waals surface area contributed by atoms with E-state index >= 15 is 0 Å². The van der Waals surface area contributed by atoms with Gasteiger partial charge in [0.15, 0.2) is 0 Å². The minimum absolute atomic E-state index is 0.201. The number of halogens is 3. The Kier molecular flexibility index (Phi) is 6.45. The van der Waals surface area contributed by atoms with Gasteiger partial charge in [-0.05, 0) is 32.9 Å². The molecule has 0 aliphatic carbocycles. The summed E-state index contributed by atoms with van der Waals surface area (Å²) >= 11 is 9.20. The highest BCUT2D eigenvalue weighted by atomic mass is 79.9. The largest absolute Gasteiger partial charge is 0.297 e. The van der Waals surface area contributed by atoms with Gasteiger partial charge in [-0.25, -0.2) is 4.39 Å². The van der Waals surface area contributed by atoms with Crippen LogP contribution in [-0.2, 0) is 6.54 Å². The summed E-state index contributed by atoms with van der Waals surface area (Å²) in [5.74, 6) is -0.293. The lowest BCUT2D eigenvalue weighted by molar-refractivity contribution is 0.211. The van der Waals surface area contributed by atoms with Crippen molar-refractivity contribution in [2.75, 3.05) is 11.9 Å². The summed E-state index contributed by atoms with van der Waals surface area (Å²) in [5, 5.41) is 1.17. The van der Waals surface area contributed by atoms with Crippen LogP contribution in [0.25, 0.3) is 0 Å². The summed E-state index contributed by atoms with van der Waals surface area (Å²) in [5.41, 5.74) is 0.667. The molecule has 1 rings (SSSR count). The molecule has 4 heteroatoms. The zero-order valence-corrected chi connectivity index (χ0v) is 12.6. The molecule has 0 bridgehead atoms. The van der Waals surface area contributed by atoms with Crippen LogP contribution in [0.3, 0.4) is 0 Å². The fourth-order valence-electron chi connectivity index (χ4n) is 1.67. The summed E-state index contributed by atoms with van der Waals surface area (Å²) in [6, 6.07) is 5.57. The van der Waals surface area contributed by atoms with Crippen molar-refractivity contribution in [3.05, 3.63) is 34.6 Å². The van der Waals surface area contributed by atoms with Crippen LogP contribution in [0.2, 0.25) is 5.02 Å². The van der Waals surface area contributed by atoms with Crippen LogP contribution in [0, 0.1) is 5.82 Å². The van der Waals surface area contributed by atoms with Crippen molar-refractivity contribution in [1.82, 2.24) is 4.90 Å². The number of alkyl halides is 1. The second kappa shape index (κ2) is 7.34. The smallest absolute Gasteiger partial charge is 0.146 e. The monoisotopic (exact) mass is 321 g/mol. The highest BCUT2D eigenvalue weighted by molar-refractivity contribution is 9.09. The van der Waals surface area contributed by atoms with Gasteiger partial charge < -0.3 is 0 Å². The molecule has 0 aromatic heterocycles. The predicted octanol–water partition coefficient (Wildman–Crippen LogP) is 4.47. The number of nitrogens with zero attached hydrogens (tertiary/aromatic N) is 1. The van der Waals surface area contributed by atoms with Crippen LogP contribution in [0.4, 0.5) is 4.39 Å². The fraction of sp³-hybridized carbons (Fsp3) is 0.538. The van der Waals surface area contributed by atoms with E-state index in [0.29, 0.717) is 18.2 Å². The van der Waals surface area contributed by atoms with Crippen molar-refractivity contribution < 1.29 is 4.39 Å². The van der Waals surface area contributed by atoms with Crippen LogP contribution in [0.1, 0.15) is 25.8 Å². The van der Waals surface area contributed by atoms with Gasteiger partial charge in [0.2, 0.25) is 0 Å². The normalized spacial score (nSPS) is 11.5. The lowest BCUT2D eigenvalue weighted by atomic mass is 10.1. The van der Waals surface area contributed by atoms with E-state index in [1.165, 1.54) is 0 Å². The molecule has 0 atom stereocenters. The Morgan fingerprint density at radius 2 is 2.12 bits per heavy atom. The lowest BCUT2D eigenvalue weighted by Gasteiger charge is -2.26. The van der Waals surface area contributed by atoms with Gasteiger partial charge in [-0.3, -0.25) is 4.90 Å². The van der Waals surface area contributed by atoms with Crippen molar-refractivity contribution in [2.24, 2.45) is 0 Å². The third kappa shape index (κ3) is 4.57. The molecule has 0 fully saturated rings. The molecule has 0 aliphatic rings. The van der Waals surface area contributed by atoms with Gasteiger partial charge in [0.1, 0.15) is 5.82 Å². The average Bonchev–Trinajstić information content (AvgIpc) is 2.29. The van der Waals surface area contributed by atoms with Crippen LogP contribution < -0.4 is 0 Å². The minimum atomic E-state index is -0.293. The van der Waals surface area contributed by atoms with Crippen LogP contribution in [-0.4, -0.2) is 22.8 Å². The molecule has 0 saturated heterocycles. The zero-order valence-electron chi connectivity index (χ0n) is 10.2. The van der Waals surface area contributed by atoms with Gasteiger partial charge in [0, 0.05) is 23.5 Å². The predicted molar refractivity (Wildman–Crippen MR) is 75.4 cm³/mol. The molecule has 0 aliphatic heterocycles. The molecule has 1 aromatic rings. The SMILES string of the molecule is CC(C)N(CCCBr)Cc1cccc(Cl)c1F. The average molecular weight is 323 g/mol. The highest BCUT2D eigenvalue weighted by Crippen LogP contribution is 2.20. The van der Waals surface area contributed by atoms with Gasteiger partial charge in [0.25, 0.3) is 0 Å². The zero-order chi connectivity index (χ0) is 12.8. The van der Waals surface area contributed by atoms with Gasteiger partial charge in [-0.2, -0.15) is 0 Å². The summed E-state index contributed by atoms with van der Waals surface area (Å²) in [4.78, 5) is 2.25. The maximum absolute atomic E-state index is 13.8. The lowest BCUT2D eigenvalue weighted by Crippen LogP contribution is -2.31. The Balaban J connectivity index is 2.75. The molecule has 1 aromatic carbocycles. The number of hydrogen-bond acceptors (Lipinski definition) is 1. The van der Waals surface area contributed by atoms with Crippen molar-refractivity contribution in [1.29, 1.82) is 0 Å². The molecule has 0 amide bonds. The molecule has 0 radical (unpaired) electrons. The van der Waals surface area contributed by atoms with E-state index in [4.69, 9.17) is 11.6 Å². The third-order valence-corrected chi connectivity index (χ3v) is 3.57. The van der Waals surface area contributed by atoms with Crippen molar-refractivity contribution in [2.45, 2.75) is 32.9 Å². The summed E-state index contributed by atoms with van der Waals surface area (Å²) in [7, 11) is 0. The maximum Gasteiger partial charge on any atom is 0.146 e. The molecule has 17 heavy (non-hydrogen) atoms. The first-order valence-corrected chi connectivity index (χ1v) is 7.29. The van der Waals surface area contributed by atoms with E-state index in [1.54, 1.807) is 18.2 Å². The quantitative estimate of drug-likeness (QED) is 0.698. The Hall–Kier alpha value is -0.120. The Morgan fingerprint density at radius 3 is 2.71 bits per heavy atom. The van der Waals surface area contributed by atoms with Gasteiger partial charge in [-0.1, -0.05) is 39.7 Å². The number of benzene rings is 1. The molecule has 0 spiro atoms. The summed E-state index contributed by atoms with van der Waals surface area (Å²) in [6.07, 6.45) is 1.06. The van der Waals surface area contributed by atoms with Crippen LogP contribution in [0.5, 0.6) is 0 Å². The van der Waals surface area contributed by atoms with Crippen LogP contribution in [0.15, 0.2) is 18.2 Å². The molecule has 0 saturated carbocycles. The molecule has 96 valence electrons. The summed E-state index contributed by atoms with van der Waals surface area (Å²) in [6.45, 7) is 5.80. The van der Waals surface area contributed by atoms with Gasteiger partial charge in [-0.15, -0.1) is 0 Å². The number of rotatable bonds is 6. The molecule has 0 unspecified atom stereocenters. The van der Waals surface area contributed by atoms with E-state index in [2.05, 4.69) is 34.7 Å². The van der Waals surface area contributed by atoms with Crippen molar-refractivity contribution >= 4 is 27.5 Å². The molecular formula is C13H18BrClFN. The number of hydrogen-bond donors (Lipinski definition) is 0. The Morgan fingerprint density at radius 1 is 1.41 bits per heavy atom. The van der Waals surface area contributed by atoms with Gasteiger partial charge in [0.05, 0.1) is 5.02 Å². The maximum atomic E-state index is 13.8. The van der Waals surface area contributed by atoms with E-state index in [0.717, 1.165) is 18.3 Å². The van der Waals surface area contributed by atoms with Crippen molar-refractivity contribution in [3.63, 3.8) is 0 Å². The van der Waals surface area contributed by atoms with Gasteiger partial charge >= 0.3 is 0 Å². The van der Waals surface area contributed by atoms with Crippen molar-refractivity contribution in [3.8, 4) is 0 Å². The van der Waals surface area contributed by atoms with E-state index in [1.807, 2.05) is 0 Å². The first kappa shape index (κ1) is 14.9. The summed E-state index contributed by atoms with van der Waals surface area (Å²) < 4.78 is 13.8. The van der Waals surface area contributed by atoms with Crippen LogP contribution >= 0.6 is 27.5 Å². The van der Waals surface area contributed by atoms with E-state index in [-0.39, 0.29) is 10.8 Å². The Labute approximate surface area is 116 Å². The first-order chi connectivity index (χ1) is 8.06. The first-order valence-electron chi connectivity index (χ1n) is 5.79. The Bertz CT molecular complexity index is 357. The topological polar surface area (TPSA) is 3.24 Å². The molecule has 0 heterocycles. The standard InChI is InChI=1S/C13H18BrClFN/c1-10(2)17(8-4-7-14)9-11-5-3-6-12(15)13(11)16/h3,5-6,10H,4,7-9H2,1-2H3. The highest BCUT2D eigenvalue weighted by Gasteiger charge is 2.13. The second-order valence-corrected chi connectivity index (χ2v) is 5.52. The molecular weight excluding hydrogens is 305 g/mol. The fourth-order valence-corrected chi connectivity index (χ4v) is 2.12. The third-order valence-electron chi connectivity index (χ3n) is 2.71. The van der Waals surface area contributed by atoms with E-state index < -0.39 is 0 Å². The molecule has 0 N–H and O–H groups in total.